The summed E-state index contributed by atoms with van der Waals surface area (Å²) in [5.74, 6) is -1.20. The van der Waals surface area contributed by atoms with Crippen molar-refractivity contribution in [3.8, 4) is 0 Å². The fourth-order valence-electron chi connectivity index (χ4n) is 5.69. The maximum absolute atomic E-state index is 13.7. The molecular formula is C24H36F2N4O2. The molecule has 6 nitrogen and oxygen atoms in total. The Labute approximate surface area is 189 Å². The van der Waals surface area contributed by atoms with Crippen molar-refractivity contribution in [3.63, 3.8) is 0 Å². The van der Waals surface area contributed by atoms with E-state index < -0.39 is 11.6 Å². The number of rotatable bonds is 7. The molecule has 1 aromatic carbocycles. The van der Waals surface area contributed by atoms with Gasteiger partial charge in [0.2, 0.25) is 0 Å². The van der Waals surface area contributed by atoms with Gasteiger partial charge in [0.15, 0.2) is 11.6 Å². The number of carbonyl (C=O) groups is 1. The normalized spacial score (nSPS) is 26.9. The smallest absolute Gasteiger partial charge is 0.317 e. The monoisotopic (exact) mass is 450 g/mol. The molecule has 2 bridgehead atoms. The number of fused-ring (bicyclic) bond motifs is 2. The number of nitrogens with zero attached hydrogens (tertiary/aromatic N) is 2. The van der Waals surface area contributed by atoms with Crippen LogP contribution < -0.4 is 11.1 Å². The third-order valence-corrected chi connectivity index (χ3v) is 7.53. The summed E-state index contributed by atoms with van der Waals surface area (Å²) < 4.78 is 32.4. The number of nitrogens with one attached hydrogen (secondary N) is 1. The summed E-state index contributed by atoms with van der Waals surface area (Å²) in [7, 11) is 0. The first-order chi connectivity index (χ1) is 15.4. The van der Waals surface area contributed by atoms with Crippen molar-refractivity contribution >= 4 is 6.03 Å². The first-order valence-corrected chi connectivity index (χ1v) is 12.0. The molecule has 0 spiro atoms. The average Bonchev–Trinajstić information content (AvgIpc) is 3.01. The van der Waals surface area contributed by atoms with Crippen LogP contribution >= 0.6 is 0 Å². The minimum Gasteiger partial charge on any atom is -0.378 e. The zero-order chi connectivity index (χ0) is 22.7. The average molecular weight is 451 g/mol. The lowest BCUT2D eigenvalue weighted by Crippen LogP contribution is -2.49. The van der Waals surface area contributed by atoms with Gasteiger partial charge in [0, 0.05) is 44.3 Å². The van der Waals surface area contributed by atoms with Gasteiger partial charge < -0.3 is 20.7 Å². The molecule has 1 aromatic rings. The van der Waals surface area contributed by atoms with Crippen LogP contribution in [-0.4, -0.2) is 73.3 Å². The molecule has 4 rings (SSSR count). The number of halogens is 2. The number of urea groups is 1. The number of nitrogens with two attached hydrogens (primary N) is 1. The fraction of sp³-hybridized carbons (Fsp3) is 0.708. The minimum absolute atomic E-state index is 0.00785. The molecule has 0 aliphatic carbocycles. The van der Waals surface area contributed by atoms with E-state index in [1.807, 2.05) is 11.8 Å². The van der Waals surface area contributed by atoms with Gasteiger partial charge in [-0.1, -0.05) is 0 Å². The lowest BCUT2D eigenvalue weighted by molar-refractivity contribution is 0.0530. The van der Waals surface area contributed by atoms with E-state index in [1.165, 1.54) is 25.0 Å². The second-order valence-corrected chi connectivity index (χ2v) is 9.60. The zero-order valence-electron chi connectivity index (χ0n) is 19.0. The molecule has 2 amide bonds. The molecular weight excluding hydrogens is 414 g/mol. The van der Waals surface area contributed by atoms with E-state index in [4.69, 9.17) is 10.5 Å². The van der Waals surface area contributed by atoms with Crippen molar-refractivity contribution in [3.05, 3.63) is 34.9 Å². The van der Waals surface area contributed by atoms with Crippen molar-refractivity contribution in [1.82, 2.24) is 15.1 Å². The van der Waals surface area contributed by atoms with Crippen LogP contribution in [0.15, 0.2) is 12.1 Å². The minimum atomic E-state index is -0.799. The van der Waals surface area contributed by atoms with E-state index in [2.05, 4.69) is 10.2 Å². The maximum Gasteiger partial charge on any atom is 0.317 e. The van der Waals surface area contributed by atoms with Gasteiger partial charge in [0.05, 0.1) is 13.2 Å². The summed E-state index contributed by atoms with van der Waals surface area (Å²) in [6.07, 6.45) is 6.02. The standard InChI is InChI=1S/C24H36F2N4O2/c1-16-11-21(25)22(26)14-17(16)15-23(27)18-12-19-3-4-20(13-18)30(19)6-2-5-28-24(31)29-7-9-32-10-8-29/h11,14,18-20,23H,2-10,12-13,15,27H2,1H3,(H,28,31)/t18-,19-,20+,23?. The van der Waals surface area contributed by atoms with E-state index in [1.54, 1.807) is 0 Å². The highest BCUT2D eigenvalue weighted by molar-refractivity contribution is 5.74. The van der Waals surface area contributed by atoms with Crippen molar-refractivity contribution in [2.75, 3.05) is 39.4 Å². The highest BCUT2D eigenvalue weighted by Gasteiger charge is 2.41. The van der Waals surface area contributed by atoms with Crippen molar-refractivity contribution < 1.29 is 18.3 Å². The molecule has 0 saturated carbocycles. The Balaban J connectivity index is 1.23. The molecule has 3 heterocycles. The van der Waals surface area contributed by atoms with Crippen molar-refractivity contribution in [2.45, 2.75) is 63.6 Å². The van der Waals surface area contributed by atoms with Gasteiger partial charge in [0.1, 0.15) is 0 Å². The lowest BCUT2D eigenvalue weighted by Gasteiger charge is -2.41. The maximum atomic E-state index is 13.7. The van der Waals surface area contributed by atoms with Crippen LogP contribution in [0, 0.1) is 24.5 Å². The number of aryl methyl sites for hydroxylation is 1. The molecule has 178 valence electrons. The third kappa shape index (κ3) is 5.41. The number of carbonyl (C=O) groups excluding carboxylic acids is 1. The number of hydrogen-bond acceptors (Lipinski definition) is 4. The van der Waals surface area contributed by atoms with Gasteiger partial charge in [-0.25, -0.2) is 13.6 Å². The fourth-order valence-corrected chi connectivity index (χ4v) is 5.69. The van der Waals surface area contributed by atoms with Crippen molar-refractivity contribution in [1.29, 1.82) is 0 Å². The summed E-state index contributed by atoms with van der Waals surface area (Å²) in [6, 6.07) is 3.60. The number of piperidine rings is 1. The second-order valence-electron chi connectivity index (χ2n) is 9.60. The summed E-state index contributed by atoms with van der Waals surface area (Å²) in [5.41, 5.74) is 8.14. The third-order valence-electron chi connectivity index (χ3n) is 7.53. The van der Waals surface area contributed by atoms with Gasteiger partial charge in [-0.15, -0.1) is 0 Å². The quantitative estimate of drug-likeness (QED) is 0.627. The highest BCUT2D eigenvalue weighted by atomic mass is 19.2. The summed E-state index contributed by atoms with van der Waals surface area (Å²) in [4.78, 5) is 16.6. The molecule has 0 aromatic heterocycles. The van der Waals surface area contributed by atoms with Gasteiger partial charge in [0.25, 0.3) is 0 Å². The summed E-state index contributed by atoms with van der Waals surface area (Å²) in [6.45, 7) is 6.04. The SMILES string of the molecule is Cc1cc(F)c(F)cc1CC(N)[C@@H]1C[C@H]2CC[C@@H](C1)N2CCCNC(=O)N1CCOCC1. The predicted octanol–water partition coefficient (Wildman–Crippen LogP) is 2.82. The highest BCUT2D eigenvalue weighted by Crippen LogP contribution is 2.40. The molecule has 3 saturated heterocycles. The Morgan fingerprint density at radius 1 is 1.19 bits per heavy atom. The second kappa shape index (κ2) is 10.4. The first-order valence-electron chi connectivity index (χ1n) is 12.0. The van der Waals surface area contributed by atoms with Crippen LogP contribution in [0.25, 0.3) is 0 Å². The Bertz CT molecular complexity index is 788. The van der Waals surface area contributed by atoms with Gasteiger partial charge in [-0.2, -0.15) is 0 Å². The number of hydrogen-bond donors (Lipinski definition) is 2. The van der Waals surface area contributed by atoms with Gasteiger partial charge >= 0.3 is 6.03 Å². The molecule has 0 radical (unpaired) electrons. The van der Waals surface area contributed by atoms with E-state index >= 15 is 0 Å². The molecule has 3 N–H and O–H groups in total. The van der Waals surface area contributed by atoms with Crippen LogP contribution in [-0.2, 0) is 11.2 Å². The molecule has 8 heteroatoms. The predicted molar refractivity (Wildman–Crippen MR) is 119 cm³/mol. The summed E-state index contributed by atoms with van der Waals surface area (Å²) >= 11 is 0. The van der Waals surface area contributed by atoms with E-state index in [9.17, 15) is 13.6 Å². The molecule has 1 unspecified atom stereocenters. The first kappa shape index (κ1) is 23.4. The van der Waals surface area contributed by atoms with E-state index in [0.29, 0.717) is 57.3 Å². The molecule has 3 aliphatic rings. The summed E-state index contributed by atoms with van der Waals surface area (Å²) in [5, 5.41) is 3.04. The topological polar surface area (TPSA) is 70.8 Å². The van der Waals surface area contributed by atoms with Gasteiger partial charge in [-0.05, 0) is 74.6 Å². The van der Waals surface area contributed by atoms with Crippen LogP contribution in [0.3, 0.4) is 0 Å². The molecule has 4 atom stereocenters. The number of ether oxygens (including phenoxy) is 1. The molecule has 3 fully saturated rings. The van der Waals surface area contributed by atoms with E-state index in [-0.39, 0.29) is 12.1 Å². The van der Waals surface area contributed by atoms with Crippen molar-refractivity contribution in [2.24, 2.45) is 11.7 Å². The Kier molecular flexibility index (Phi) is 7.63. The lowest BCUT2D eigenvalue weighted by atomic mass is 9.82. The number of benzene rings is 1. The van der Waals surface area contributed by atoms with Crippen LogP contribution in [0.2, 0.25) is 0 Å². The van der Waals surface area contributed by atoms with Crippen LogP contribution in [0.1, 0.15) is 43.2 Å². The molecule has 3 aliphatic heterocycles. The van der Waals surface area contributed by atoms with E-state index in [0.717, 1.165) is 36.9 Å². The van der Waals surface area contributed by atoms with Gasteiger partial charge in [-0.3, -0.25) is 4.90 Å². The molecule has 32 heavy (non-hydrogen) atoms. The largest absolute Gasteiger partial charge is 0.378 e. The Morgan fingerprint density at radius 2 is 1.84 bits per heavy atom. The zero-order valence-corrected chi connectivity index (χ0v) is 19.0. The Hall–Kier alpha value is -1.77. The number of amides is 2. The van der Waals surface area contributed by atoms with Crippen LogP contribution in [0.4, 0.5) is 13.6 Å². The van der Waals surface area contributed by atoms with Crippen LogP contribution in [0.5, 0.6) is 0 Å². The Morgan fingerprint density at radius 3 is 2.53 bits per heavy atom. The number of morpholine rings is 1.